The van der Waals surface area contributed by atoms with Gasteiger partial charge in [0.25, 0.3) is 0 Å². The van der Waals surface area contributed by atoms with Crippen molar-refractivity contribution in [2.45, 2.75) is 46.0 Å². The zero-order chi connectivity index (χ0) is 14.4. The zero-order valence-corrected chi connectivity index (χ0v) is 13.2. The molecule has 20 heavy (non-hydrogen) atoms. The molecule has 1 aliphatic rings. The van der Waals surface area contributed by atoms with Gasteiger partial charge in [0.1, 0.15) is 0 Å². The smallest absolute Gasteiger partial charge is 0.357 e. The quantitative estimate of drug-likeness (QED) is 0.808. The molecule has 0 amide bonds. The van der Waals surface area contributed by atoms with Gasteiger partial charge in [0.2, 0.25) is 0 Å². The van der Waals surface area contributed by atoms with Crippen LogP contribution >= 0.6 is 11.3 Å². The summed E-state index contributed by atoms with van der Waals surface area (Å²) < 4.78 is 4.94. The largest absolute Gasteiger partial charge is 0.461 e. The molecule has 1 aromatic rings. The van der Waals surface area contributed by atoms with Gasteiger partial charge in [0.15, 0.2) is 10.8 Å². The summed E-state index contributed by atoms with van der Waals surface area (Å²) in [6, 6.07) is 0. The van der Waals surface area contributed by atoms with Gasteiger partial charge in [-0.15, -0.1) is 11.3 Å². The fourth-order valence-corrected chi connectivity index (χ4v) is 3.42. The van der Waals surface area contributed by atoms with Crippen LogP contribution < -0.4 is 5.32 Å². The first-order valence-electron chi connectivity index (χ1n) is 7.59. The lowest BCUT2D eigenvalue weighted by molar-refractivity contribution is 0.0520. The Balaban J connectivity index is 1.76. The highest BCUT2D eigenvalue weighted by Gasteiger charge is 2.20. The lowest BCUT2D eigenvalue weighted by Crippen LogP contribution is -2.21. The predicted octanol–water partition coefficient (Wildman–Crippen LogP) is 3.95. The van der Waals surface area contributed by atoms with Crippen LogP contribution in [0.5, 0.6) is 0 Å². The number of anilines is 1. The van der Waals surface area contributed by atoms with Gasteiger partial charge in [-0.25, -0.2) is 9.78 Å². The molecule has 1 saturated carbocycles. The summed E-state index contributed by atoms with van der Waals surface area (Å²) in [7, 11) is 0. The highest BCUT2D eigenvalue weighted by molar-refractivity contribution is 7.13. The molecule has 2 rings (SSSR count). The molecule has 0 atom stereocenters. The minimum atomic E-state index is -0.333. The Morgan fingerprint density at radius 2 is 2.05 bits per heavy atom. The van der Waals surface area contributed by atoms with E-state index in [0.717, 1.165) is 23.5 Å². The normalized spacial score (nSPS) is 22.5. The van der Waals surface area contributed by atoms with Crippen molar-refractivity contribution in [2.75, 3.05) is 18.5 Å². The van der Waals surface area contributed by atoms with Crippen LogP contribution in [0, 0.1) is 11.8 Å². The van der Waals surface area contributed by atoms with Crippen LogP contribution in [0.4, 0.5) is 5.13 Å². The second-order valence-electron chi connectivity index (χ2n) is 5.43. The van der Waals surface area contributed by atoms with E-state index in [4.69, 9.17) is 4.74 Å². The molecule has 0 unspecified atom stereocenters. The second-order valence-corrected chi connectivity index (χ2v) is 6.29. The lowest BCUT2D eigenvalue weighted by atomic mass is 9.81. The number of nitrogens with one attached hydrogen (secondary N) is 1. The molecule has 1 heterocycles. The summed E-state index contributed by atoms with van der Waals surface area (Å²) in [6.07, 6.45) is 6.64. The zero-order valence-electron chi connectivity index (χ0n) is 12.4. The average Bonchev–Trinajstić information content (AvgIpc) is 2.95. The number of nitrogens with zero attached hydrogens (tertiary/aromatic N) is 1. The lowest BCUT2D eigenvalue weighted by Gasteiger charge is -2.27. The first-order chi connectivity index (χ1) is 9.72. The minimum absolute atomic E-state index is 0.333. The Kier molecular flexibility index (Phi) is 5.83. The number of hydrogen-bond acceptors (Lipinski definition) is 5. The molecule has 0 aliphatic heterocycles. The molecule has 1 fully saturated rings. The van der Waals surface area contributed by atoms with E-state index in [1.54, 1.807) is 12.3 Å². The van der Waals surface area contributed by atoms with Gasteiger partial charge in [0.05, 0.1) is 6.61 Å². The first kappa shape index (κ1) is 15.3. The molecular formula is C15H24N2O2S. The summed E-state index contributed by atoms with van der Waals surface area (Å²) in [4.78, 5) is 15.8. The molecule has 1 aromatic heterocycles. The number of ether oxygens (including phenoxy) is 1. The molecule has 4 nitrogen and oxygen atoms in total. The molecule has 0 bridgehead atoms. The van der Waals surface area contributed by atoms with Crippen LogP contribution in [0.3, 0.4) is 0 Å². The summed E-state index contributed by atoms with van der Waals surface area (Å²) >= 11 is 1.47. The molecule has 1 aliphatic carbocycles. The van der Waals surface area contributed by atoms with E-state index >= 15 is 0 Å². The van der Waals surface area contributed by atoms with Crippen molar-refractivity contribution < 1.29 is 9.53 Å². The third-order valence-corrected chi connectivity index (χ3v) is 4.87. The number of thiazole rings is 1. The molecular weight excluding hydrogens is 272 g/mol. The van der Waals surface area contributed by atoms with Crippen molar-refractivity contribution in [3.8, 4) is 0 Å². The summed E-state index contributed by atoms with van der Waals surface area (Å²) in [5.41, 5.74) is 0.411. The van der Waals surface area contributed by atoms with E-state index in [1.807, 2.05) is 0 Å². The van der Waals surface area contributed by atoms with Gasteiger partial charge in [-0.1, -0.05) is 26.2 Å². The van der Waals surface area contributed by atoms with Gasteiger partial charge in [0, 0.05) is 11.9 Å². The van der Waals surface area contributed by atoms with Crippen molar-refractivity contribution in [2.24, 2.45) is 11.8 Å². The van der Waals surface area contributed by atoms with Gasteiger partial charge < -0.3 is 10.1 Å². The number of esters is 1. The Morgan fingerprint density at radius 1 is 1.35 bits per heavy atom. The predicted molar refractivity (Wildman–Crippen MR) is 82.3 cm³/mol. The first-order valence-corrected chi connectivity index (χ1v) is 8.47. The maximum Gasteiger partial charge on any atom is 0.357 e. The maximum atomic E-state index is 11.5. The van der Waals surface area contributed by atoms with Crippen LogP contribution in [-0.2, 0) is 4.74 Å². The third-order valence-electron chi connectivity index (χ3n) is 4.07. The highest BCUT2D eigenvalue weighted by Crippen LogP contribution is 2.30. The van der Waals surface area contributed by atoms with E-state index in [1.165, 1.54) is 43.4 Å². The molecule has 1 N–H and O–H groups in total. The number of carbonyl (C=O) groups is 1. The van der Waals surface area contributed by atoms with Crippen molar-refractivity contribution in [1.29, 1.82) is 0 Å². The van der Waals surface area contributed by atoms with E-state index in [-0.39, 0.29) is 5.97 Å². The van der Waals surface area contributed by atoms with E-state index in [9.17, 15) is 4.79 Å². The van der Waals surface area contributed by atoms with Crippen molar-refractivity contribution in [3.63, 3.8) is 0 Å². The molecule has 0 radical (unpaired) electrons. The third kappa shape index (κ3) is 4.20. The standard InChI is InChI=1S/C15H24N2O2S/c1-3-11-5-7-12(8-6-11)9-16-15-17-13(10-20-15)14(18)19-4-2/h10-12H,3-9H2,1-2H3,(H,16,17). The van der Waals surface area contributed by atoms with Crippen LogP contribution in [0.2, 0.25) is 0 Å². The average molecular weight is 296 g/mol. The second kappa shape index (κ2) is 7.62. The van der Waals surface area contributed by atoms with Crippen LogP contribution in [0.15, 0.2) is 5.38 Å². The number of hydrogen-bond donors (Lipinski definition) is 1. The van der Waals surface area contributed by atoms with E-state index in [2.05, 4.69) is 17.2 Å². The maximum absolute atomic E-state index is 11.5. The molecule has 112 valence electrons. The van der Waals surface area contributed by atoms with E-state index in [0.29, 0.717) is 12.3 Å². The van der Waals surface area contributed by atoms with Gasteiger partial charge in [-0.05, 0) is 31.6 Å². The highest BCUT2D eigenvalue weighted by atomic mass is 32.1. The monoisotopic (exact) mass is 296 g/mol. The Morgan fingerprint density at radius 3 is 2.70 bits per heavy atom. The fraction of sp³-hybridized carbons (Fsp3) is 0.733. The van der Waals surface area contributed by atoms with Crippen molar-refractivity contribution >= 4 is 22.4 Å². The Hall–Kier alpha value is -1.10. The number of aromatic nitrogens is 1. The van der Waals surface area contributed by atoms with Gasteiger partial charge in [-0.3, -0.25) is 0 Å². The van der Waals surface area contributed by atoms with Crippen LogP contribution in [0.25, 0.3) is 0 Å². The van der Waals surface area contributed by atoms with Crippen LogP contribution in [0.1, 0.15) is 56.4 Å². The molecule has 0 aromatic carbocycles. The fourth-order valence-electron chi connectivity index (χ4n) is 2.73. The summed E-state index contributed by atoms with van der Waals surface area (Å²) in [5, 5.41) is 5.95. The van der Waals surface area contributed by atoms with Gasteiger partial charge >= 0.3 is 5.97 Å². The summed E-state index contributed by atoms with van der Waals surface area (Å²) in [5.74, 6) is 1.34. The number of carbonyl (C=O) groups excluding carboxylic acids is 1. The Bertz CT molecular complexity index is 425. The minimum Gasteiger partial charge on any atom is -0.461 e. The SMILES string of the molecule is CCOC(=O)c1csc(NCC2CCC(CC)CC2)n1. The topological polar surface area (TPSA) is 51.2 Å². The van der Waals surface area contributed by atoms with Crippen molar-refractivity contribution in [1.82, 2.24) is 4.98 Å². The number of rotatable bonds is 6. The Labute approximate surface area is 124 Å². The summed E-state index contributed by atoms with van der Waals surface area (Å²) in [6.45, 7) is 5.44. The molecule has 0 spiro atoms. The van der Waals surface area contributed by atoms with Crippen LogP contribution in [-0.4, -0.2) is 24.1 Å². The van der Waals surface area contributed by atoms with E-state index < -0.39 is 0 Å². The molecule has 0 saturated heterocycles. The van der Waals surface area contributed by atoms with Gasteiger partial charge in [-0.2, -0.15) is 0 Å². The van der Waals surface area contributed by atoms with Crippen molar-refractivity contribution in [3.05, 3.63) is 11.1 Å². The molecule has 5 heteroatoms.